The summed E-state index contributed by atoms with van der Waals surface area (Å²) >= 11 is 0. The van der Waals surface area contributed by atoms with Crippen LogP contribution in [0.4, 0.5) is 0 Å². The number of nitrogens with zero attached hydrogens (tertiary/aromatic N) is 2. The van der Waals surface area contributed by atoms with E-state index in [-0.39, 0.29) is 0 Å². The van der Waals surface area contributed by atoms with E-state index in [1.165, 1.54) is 27.7 Å². The van der Waals surface area contributed by atoms with Crippen LogP contribution in [0.3, 0.4) is 0 Å². The van der Waals surface area contributed by atoms with Gasteiger partial charge in [-0.15, -0.1) is 0 Å². The van der Waals surface area contributed by atoms with Crippen molar-refractivity contribution >= 4 is 10.9 Å². The van der Waals surface area contributed by atoms with Crippen LogP contribution in [-0.2, 0) is 19.4 Å². The van der Waals surface area contributed by atoms with Crippen LogP contribution in [-0.4, -0.2) is 22.7 Å². The normalized spacial score (nSPS) is 19.8. The first kappa shape index (κ1) is 16.2. The summed E-state index contributed by atoms with van der Waals surface area (Å²) in [4.78, 5) is 4.12. The predicted molar refractivity (Wildman–Crippen MR) is 101 cm³/mol. The van der Waals surface area contributed by atoms with Crippen molar-refractivity contribution in [1.29, 1.82) is 0 Å². The molecule has 3 aromatic rings. The second-order valence-corrected chi connectivity index (χ2v) is 6.99. The smallest absolute Gasteiger partial charge is 0.119 e. The van der Waals surface area contributed by atoms with E-state index in [2.05, 4.69) is 59.0 Å². The number of ether oxygens (including phenoxy) is 1. The van der Waals surface area contributed by atoms with Crippen LogP contribution >= 0.6 is 0 Å². The average molecular weight is 335 g/mol. The summed E-state index contributed by atoms with van der Waals surface area (Å²) < 4.78 is 7.98. The lowest BCUT2D eigenvalue weighted by molar-refractivity contribution is 0.415. The monoisotopic (exact) mass is 335 g/mol. The van der Waals surface area contributed by atoms with Crippen LogP contribution < -0.4 is 10.1 Å². The van der Waals surface area contributed by atoms with E-state index in [4.69, 9.17) is 4.74 Å². The number of rotatable bonds is 4. The standard InChI is InChI=1S/C21H25N3O/c1-14-12-20-21(15(2)23-14)18-13-17(25-3)4-5-19(18)24(20)11-8-16-6-9-22-10-7-16/h4-7,9-10,13-15,23H,8,11-12H2,1-3H3. The minimum Gasteiger partial charge on any atom is -0.497 e. The van der Waals surface area contributed by atoms with Crippen molar-refractivity contribution in [3.63, 3.8) is 0 Å². The number of hydrogen-bond donors (Lipinski definition) is 1. The molecule has 1 aromatic carbocycles. The Morgan fingerprint density at radius 2 is 2.00 bits per heavy atom. The molecule has 0 amide bonds. The quantitative estimate of drug-likeness (QED) is 0.786. The molecule has 2 aromatic heterocycles. The molecular formula is C21H25N3O. The van der Waals surface area contributed by atoms with Gasteiger partial charge in [0.25, 0.3) is 0 Å². The molecule has 0 saturated heterocycles. The van der Waals surface area contributed by atoms with Gasteiger partial charge in [0.15, 0.2) is 0 Å². The first-order valence-corrected chi connectivity index (χ1v) is 9.01. The minimum absolute atomic E-state index is 0.357. The van der Waals surface area contributed by atoms with E-state index < -0.39 is 0 Å². The Balaban J connectivity index is 1.80. The Bertz CT molecular complexity index is 885. The molecule has 25 heavy (non-hydrogen) atoms. The molecule has 2 unspecified atom stereocenters. The van der Waals surface area contributed by atoms with Gasteiger partial charge >= 0.3 is 0 Å². The fraction of sp³-hybridized carbons (Fsp3) is 0.381. The van der Waals surface area contributed by atoms with Crippen LogP contribution in [0, 0.1) is 0 Å². The lowest BCUT2D eigenvalue weighted by Gasteiger charge is -2.28. The van der Waals surface area contributed by atoms with Gasteiger partial charge in [0.1, 0.15) is 5.75 Å². The van der Waals surface area contributed by atoms with Crippen LogP contribution in [0.1, 0.15) is 36.7 Å². The average Bonchev–Trinajstić information content (AvgIpc) is 2.93. The number of aryl methyl sites for hydroxylation is 2. The highest BCUT2D eigenvalue weighted by Gasteiger charge is 2.27. The van der Waals surface area contributed by atoms with E-state index >= 15 is 0 Å². The van der Waals surface area contributed by atoms with Crippen molar-refractivity contribution in [3.05, 3.63) is 59.5 Å². The van der Waals surface area contributed by atoms with E-state index in [1.54, 1.807) is 7.11 Å². The van der Waals surface area contributed by atoms with E-state index in [1.807, 2.05) is 12.4 Å². The van der Waals surface area contributed by atoms with Crippen molar-refractivity contribution in [3.8, 4) is 5.75 Å². The van der Waals surface area contributed by atoms with Gasteiger partial charge in [-0.1, -0.05) is 0 Å². The van der Waals surface area contributed by atoms with Gasteiger partial charge in [0, 0.05) is 54.0 Å². The second kappa shape index (κ2) is 6.52. The fourth-order valence-corrected chi connectivity index (χ4v) is 4.15. The number of hydrogen-bond acceptors (Lipinski definition) is 3. The molecule has 1 aliphatic rings. The number of nitrogens with one attached hydrogen (secondary N) is 1. The minimum atomic E-state index is 0.357. The highest BCUT2D eigenvalue weighted by molar-refractivity contribution is 5.87. The molecule has 0 spiro atoms. The zero-order valence-corrected chi connectivity index (χ0v) is 15.1. The number of aromatic nitrogens is 2. The summed E-state index contributed by atoms with van der Waals surface area (Å²) in [5.74, 6) is 0.924. The zero-order chi connectivity index (χ0) is 17.4. The topological polar surface area (TPSA) is 39.1 Å². The Labute approximate surface area is 148 Å². The first-order chi connectivity index (χ1) is 12.2. The SMILES string of the molecule is COc1ccc2c(c1)c1c(n2CCc2ccncc2)CC(C)NC1C. The van der Waals surface area contributed by atoms with Gasteiger partial charge in [-0.2, -0.15) is 0 Å². The van der Waals surface area contributed by atoms with Crippen LogP contribution in [0.15, 0.2) is 42.7 Å². The summed E-state index contributed by atoms with van der Waals surface area (Å²) in [6.07, 6.45) is 5.82. The van der Waals surface area contributed by atoms with Gasteiger partial charge in [0.2, 0.25) is 0 Å². The summed E-state index contributed by atoms with van der Waals surface area (Å²) in [5, 5.41) is 5.01. The zero-order valence-electron chi connectivity index (χ0n) is 15.1. The Morgan fingerprint density at radius 3 is 2.76 bits per heavy atom. The largest absolute Gasteiger partial charge is 0.497 e. The molecule has 4 nitrogen and oxygen atoms in total. The molecule has 0 saturated carbocycles. The molecular weight excluding hydrogens is 310 g/mol. The third-order valence-corrected chi connectivity index (χ3v) is 5.26. The first-order valence-electron chi connectivity index (χ1n) is 9.01. The van der Waals surface area contributed by atoms with Crippen molar-refractivity contribution < 1.29 is 4.74 Å². The highest BCUT2D eigenvalue weighted by atomic mass is 16.5. The summed E-state index contributed by atoms with van der Waals surface area (Å²) in [7, 11) is 1.73. The Morgan fingerprint density at radius 1 is 1.20 bits per heavy atom. The van der Waals surface area contributed by atoms with Gasteiger partial charge in [-0.05, 0) is 61.7 Å². The van der Waals surface area contributed by atoms with Gasteiger partial charge in [-0.3, -0.25) is 4.98 Å². The third kappa shape index (κ3) is 2.91. The van der Waals surface area contributed by atoms with Gasteiger partial charge in [-0.25, -0.2) is 0 Å². The second-order valence-electron chi connectivity index (χ2n) is 6.99. The van der Waals surface area contributed by atoms with Crippen LogP contribution in [0.25, 0.3) is 10.9 Å². The van der Waals surface area contributed by atoms with E-state index in [0.29, 0.717) is 12.1 Å². The van der Waals surface area contributed by atoms with Gasteiger partial charge < -0.3 is 14.6 Å². The highest BCUT2D eigenvalue weighted by Crippen LogP contribution is 2.37. The maximum atomic E-state index is 5.47. The maximum Gasteiger partial charge on any atom is 0.119 e. The van der Waals surface area contributed by atoms with Gasteiger partial charge in [0.05, 0.1) is 7.11 Å². The van der Waals surface area contributed by atoms with E-state index in [9.17, 15) is 0 Å². The molecule has 1 aliphatic heterocycles. The molecule has 2 atom stereocenters. The molecule has 130 valence electrons. The summed E-state index contributed by atoms with van der Waals surface area (Å²) in [6, 6.07) is 11.5. The van der Waals surface area contributed by atoms with Crippen molar-refractivity contribution in [2.75, 3.05) is 7.11 Å². The Kier molecular flexibility index (Phi) is 4.22. The van der Waals surface area contributed by atoms with Crippen LogP contribution in [0.2, 0.25) is 0 Å². The molecule has 1 N–H and O–H groups in total. The molecule has 4 heteroatoms. The summed E-state index contributed by atoms with van der Waals surface area (Å²) in [6.45, 7) is 5.52. The van der Waals surface area contributed by atoms with E-state index in [0.717, 1.165) is 25.1 Å². The fourth-order valence-electron chi connectivity index (χ4n) is 4.15. The van der Waals surface area contributed by atoms with Crippen molar-refractivity contribution in [1.82, 2.24) is 14.9 Å². The molecule has 0 fully saturated rings. The number of benzene rings is 1. The predicted octanol–water partition coefficient (Wildman–Crippen LogP) is 3.88. The summed E-state index contributed by atoms with van der Waals surface area (Å²) in [5.41, 5.74) is 5.54. The molecule has 4 rings (SSSR count). The Hall–Kier alpha value is -2.33. The lowest BCUT2D eigenvalue weighted by atomic mass is 9.95. The van der Waals surface area contributed by atoms with Crippen molar-refractivity contribution in [2.24, 2.45) is 0 Å². The number of pyridine rings is 1. The number of methoxy groups -OCH3 is 1. The third-order valence-electron chi connectivity index (χ3n) is 5.26. The lowest BCUT2D eigenvalue weighted by Crippen LogP contribution is -2.36. The molecule has 0 aliphatic carbocycles. The molecule has 0 radical (unpaired) electrons. The number of fused-ring (bicyclic) bond motifs is 3. The molecule has 3 heterocycles. The van der Waals surface area contributed by atoms with Crippen LogP contribution in [0.5, 0.6) is 5.75 Å². The molecule has 0 bridgehead atoms. The van der Waals surface area contributed by atoms with Crippen molar-refractivity contribution in [2.45, 2.75) is 45.3 Å². The maximum absolute atomic E-state index is 5.47.